The predicted molar refractivity (Wildman–Crippen MR) is 135 cm³/mol. The molecule has 1 aromatic carbocycles. The molecule has 1 saturated carbocycles. The Labute approximate surface area is 209 Å². The highest BCUT2D eigenvalue weighted by Crippen LogP contribution is 2.40. The topological polar surface area (TPSA) is 94.1 Å². The molecule has 4 atom stereocenters. The number of halogens is 1. The summed E-state index contributed by atoms with van der Waals surface area (Å²) < 4.78 is 20.0. The molecule has 0 aromatic heterocycles. The summed E-state index contributed by atoms with van der Waals surface area (Å²) >= 11 is 0. The van der Waals surface area contributed by atoms with Crippen LogP contribution in [0.4, 0.5) is 9.18 Å². The molecule has 2 amide bonds. The van der Waals surface area contributed by atoms with Gasteiger partial charge < -0.3 is 30.5 Å². The lowest BCUT2D eigenvalue weighted by atomic mass is 9.74. The highest BCUT2D eigenvalue weighted by Gasteiger charge is 2.43. The third kappa shape index (κ3) is 7.15. The third-order valence-corrected chi connectivity index (χ3v) is 7.91. The van der Waals surface area contributed by atoms with Crippen LogP contribution in [0.15, 0.2) is 24.3 Å². The third-order valence-electron chi connectivity index (χ3n) is 7.91. The van der Waals surface area contributed by atoms with Gasteiger partial charge in [-0.3, -0.25) is 0 Å². The van der Waals surface area contributed by atoms with Crippen molar-refractivity contribution < 1.29 is 24.1 Å². The van der Waals surface area contributed by atoms with Gasteiger partial charge in [-0.2, -0.15) is 0 Å². The van der Waals surface area contributed by atoms with E-state index in [0.29, 0.717) is 51.1 Å². The number of nitrogens with one attached hydrogen (secondary N) is 2. The second-order valence-corrected chi connectivity index (χ2v) is 10.3. The van der Waals surface area contributed by atoms with Crippen molar-refractivity contribution in [2.24, 2.45) is 11.8 Å². The van der Waals surface area contributed by atoms with E-state index in [1.54, 1.807) is 30.2 Å². The smallest absolute Gasteiger partial charge is 0.317 e. The first-order valence-corrected chi connectivity index (χ1v) is 13.2. The van der Waals surface area contributed by atoms with E-state index in [9.17, 15) is 19.4 Å². The first kappa shape index (κ1) is 27.8. The van der Waals surface area contributed by atoms with Gasteiger partial charge in [-0.1, -0.05) is 31.0 Å². The number of ether oxygens (including phenoxy) is 1. The quantitative estimate of drug-likeness (QED) is 0.335. The lowest BCUT2D eigenvalue weighted by molar-refractivity contribution is -0.0590. The number of likely N-dealkylation sites (N-methyl/N-ethyl adjacent to an activating group) is 1. The number of hydrogen-bond acceptors (Lipinski definition) is 5. The fraction of sp³-hybridized carbons (Fsp3) is 0.741. The van der Waals surface area contributed by atoms with E-state index in [0.717, 1.165) is 38.5 Å². The zero-order chi connectivity index (χ0) is 25.3. The SMILES string of the molecule is CNC[C@@H](NC(=O)N1CCC[C@@H]([C@](O)(CCCCOC)c2ccccc2F)C1)[C@@H](O)C1CCCC1. The minimum absolute atomic E-state index is 0.209. The summed E-state index contributed by atoms with van der Waals surface area (Å²) in [5.74, 6) is -0.498. The van der Waals surface area contributed by atoms with Gasteiger partial charge in [-0.15, -0.1) is 0 Å². The summed E-state index contributed by atoms with van der Waals surface area (Å²) in [7, 11) is 3.46. The summed E-state index contributed by atoms with van der Waals surface area (Å²) in [5, 5.41) is 29.0. The van der Waals surface area contributed by atoms with Crippen LogP contribution in [0.3, 0.4) is 0 Å². The number of aliphatic hydroxyl groups excluding tert-OH is 1. The molecule has 1 heterocycles. The second-order valence-electron chi connectivity index (χ2n) is 10.3. The van der Waals surface area contributed by atoms with Crippen LogP contribution in [-0.2, 0) is 10.3 Å². The van der Waals surface area contributed by atoms with Crippen LogP contribution in [-0.4, -0.2) is 73.7 Å². The summed E-state index contributed by atoms with van der Waals surface area (Å²) in [4.78, 5) is 15.0. The van der Waals surface area contributed by atoms with E-state index in [1.807, 2.05) is 7.05 Å². The number of likely N-dealkylation sites (tertiary alicyclic amines) is 1. The van der Waals surface area contributed by atoms with E-state index in [4.69, 9.17) is 4.74 Å². The van der Waals surface area contributed by atoms with Crippen molar-refractivity contribution in [2.45, 2.75) is 75.5 Å². The number of urea groups is 1. The molecular weight excluding hydrogens is 449 g/mol. The Balaban J connectivity index is 1.72. The summed E-state index contributed by atoms with van der Waals surface area (Å²) in [6.45, 7) is 1.99. The number of carbonyl (C=O) groups excluding carboxylic acids is 1. The minimum Gasteiger partial charge on any atom is -0.391 e. The Hall–Kier alpha value is -1.74. The Morgan fingerprint density at radius 1 is 1.23 bits per heavy atom. The molecule has 1 aliphatic carbocycles. The van der Waals surface area contributed by atoms with E-state index in [-0.39, 0.29) is 23.9 Å². The first-order chi connectivity index (χ1) is 16.9. The van der Waals surface area contributed by atoms with Gasteiger partial charge in [0.2, 0.25) is 0 Å². The van der Waals surface area contributed by atoms with Gasteiger partial charge in [-0.05, 0) is 64.0 Å². The molecule has 35 heavy (non-hydrogen) atoms. The van der Waals surface area contributed by atoms with Crippen LogP contribution >= 0.6 is 0 Å². The number of benzene rings is 1. The number of amides is 2. The minimum atomic E-state index is -1.37. The average Bonchev–Trinajstić information content (AvgIpc) is 3.41. The molecule has 3 rings (SSSR count). The van der Waals surface area contributed by atoms with E-state index in [1.165, 1.54) is 6.07 Å². The number of nitrogens with zero attached hydrogens (tertiary/aromatic N) is 1. The zero-order valence-electron chi connectivity index (χ0n) is 21.3. The molecule has 2 aliphatic rings. The van der Waals surface area contributed by atoms with Gasteiger partial charge in [0.1, 0.15) is 5.82 Å². The van der Waals surface area contributed by atoms with Crippen LogP contribution in [0, 0.1) is 17.7 Å². The molecule has 1 aromatic rings. The standard InChI is InChI=1S/C27H44FN3O4/c1-29-18-24(25(32)20-10-3-4-11-20)30-26(33)31-16-9-12-21(19-31)27(34,15-7-8-17-35-2)22-13-5-6-14-23(22)28/h5-6,13-14,20-21,24-25,29,32,34H,3-4,7-12,15-19H2,1-2H3,(H,30,33)/t21-,24-,25+,27-/m1/s1. The van der Waals surface area contributed by atoms with Gasteiger partial charge in [0.15, 0.2) is 0 Å². The van der Waals surface area contributed by atoms with Crippen LogP contribution in [0.1, 0.15) is 63.4 Å². The van der Waals surface area contributed by atoms with Gasteiger partial charge in [-0.25, -0.2) is 9.18 Å². The highest BCUT2D eigenvalue weighted by molar-refractivity contribution is 5.74. The summed E-state index contributed by atoms with van der Waals surface area (Å²) in [6, 6.07) is 5.81. The maximum absolute atomic E-state index is 14.9. The fourth-order valence-electron chi connectivity index (χ4n) is 5.92. The number of unbranched alkanes of at least 4 members (excludes halogenated alkanes) is 1. The number of piperidine rings is 1. The maximum Gasteiger partial charge on any atom is 0.317 e. The summed E-state index contributed by atoms with van der Waals surface area (Å²) in [6.07, 6.45) is 6.94. The Morgan fingerprint density at radius 2 is 1.97 bits per heavy atom. The van der Waals surface area contributed by atoms with Gasteiger partial charge in [0.05, 0.1) is 17.7 Å². The second kappa shape index (κ2) is 13.5. The number of carbonyl (C=O) groups is 1. The monoisotopic (exact) mass is 493 g/mol. The number of methoxy groups -OCH3 is 1. The van der Waals surface area contributed by atoms with Crippen LogP contribution in [0.2, 0.25) is 0 Å². The number of aliphatic hydroxyl groups is 2. The van der Waals surface area contributed by atoms with Crippen molar-refractivity contribution in [3.8, 4) is 0 Å². The largest absolute Gasteiger partial charge is 0.391 e. The van der Waals surface area contributed by atoms with E-state index >= 15 is 0 Å². The molecule has 0 bridgehead atoms. The predicted octanol–water partition coefficient (Wildman–Crippen LogP) is 3.39. The van der Waals surface area contributed by atoms with Gasteiger partial charge in [0.25, 0.3) is 0 Å². The van der Waals surface area contributed by atoms with Gasteiger partial charge >= 0.3 is 6.03 Å². The Morgan fingerprint density at radius 3 is 2.66 bits per heavy atom. The first-order valence-electron chi connectivity index (χ1n) is 13.2. The number of hydrogen-bond donors (Lipinski definition) is 4. The molecule has 0 spiro atoms. The van der Waals surface area contributed by atoms with Crippen molar-refractivity contribution in [3.05, 3.63) is 35.6 Å². The molecule has 7 nitrogen and oxygen atoms in total. The lowest BCUT2D eigenvalue weighted by Crippen LogP contribution is -2.57. The molecule has 1 saturated heterocycles. The molecular formula is C27H44FN3O4. The molecule has 8 heteroatoms. The summed E-state index contributed by atoms with van der Waals surface area (Å²) in [5.41, 5.74) is -1.07. The molecule has 0 unspecified atom stereocenters. The van der Waals surface area contributed by atoms with Crippen molar-refractivity contribution in [3.63, 3.8) is 0 Å². The molecule has 2 fully saturated rings. The van der Waals surface area contributed by atoms with Crippen molar-refractivity contribution in [1.82, 2.24) is 15.5 Å². The maximum atomic E-state index is 14.9. The lowest BCUT2D eigenvalue weighted by Gasteiger charge is -2.43. The fourth-order valence-corrected chi connectivity index (χ4v) is 5.92. The number of rotatable bonds is 12. The highest BCUT2D eigenvalue weighted by atomic mass is 19.1. The van der Waals surface area contributed by atoms with Crippen LogP contribution in [0.5, 0.6) is 0 Å². The van der Waals surface area contributed by atoms with Crippen LogP contribution in [0.25, 0.3) is 0 Å². The van der Waals surface area contributed by atoms with Crippen molar-refractivity contribution in [1.29, 1.82) is 0 Å². The van der Waals surface area contributed by atoms with E-state index < -0.39 is 17.5 Å². The Kier molecular flexibility index (Phi) is 10.8. The molecule has 4 N–H and O–H groups in total. The Bertz CT molecular complexity index is 791. The normalized spacial score (nSPS) is 22.5. The molecule has 1 aliphatic heterocycles. The van der Waals surface area contributed by atoms with Crippen LogP contribution < -0.4 is 10.6 Å². The van der Waals surface area contributed by atoms with Crippen molar-refractivity contribution in [2.75, 3.05) is 40.4 Å². The molecule has 0 radical (unpaired) electrons. The van der Waals surface area contributed by atoms with Gasteiger partial charge in [0, 0.05) is 44.8 Å². The zero-order valence-corrected chi connectivity index (χ0v) is 21.3. The average molecular weight is 494 g/mol. The van der Waals surface area contributed by atoms with Crippen molar-refractivity contribution >= 4 is 6.03 Å². The van der Waals surface area contributed by atoms with E-state index in [2.05, 4.69) is 10.6 Å². The molecule has 198 valence electrons.